The molecule has 4 nitrogen and oxygen atoms in total. The number of ether oxygens (including phenoxy) is 2. The Morgan fingerprint density at radius 1 is 1.15 bits per heavy atom. The summed E-state index contributed by atoms with van der Waals surface area (Å²) < 4.78 is 11.2. The fraction of sp³-hybridized carbons (Fsp3) is 0.727. The van der Waals surface area contributed by atoms with E-state index in [-0.39, 0.29) is 0 Å². The fourth-order valence-corrected chi connectivity index (χ4v) is 4.77. The van der Waals surface area contributed by atoms with Gasteiger partial charge in [0.05, 0.1) is 12.7 Å². The molecular weight excluding hydrogens is 324 g/mol. The van der Waals surface area contributed by atoms with Crippen LogP contribution in [0.4, 0.5) is 5.69 Å². The number of nitrogen functional groups attached to an aromatic ring is 1. The number of hydrogen-bond acceptors (Lipinski definition) is 4. The molecule has 146 valence electrons. The zero-order valence-electron chi connectivity index (χ0n) is 16.8. The molecule has 0 spiro atoms. The van der Waals surface area contributed by atoms with E-state index in [1.54, 1.807) is 0 Å². The molecule has 1 aromatic carbocycles. The van der Waals surface area contributed by atoms with Crippen LogP contribution in [0.1, 0.15) is 57.9 Å². The van der Waals surface area contributed by atoms with Crippen LogP contribution in [0.2, 0.25) is 0 Å². The van der Waals surface area contributed by atoms with Crippen molar-refractivity contribution in [2.75, 3.05) is 32.5 Å². The minimum Gasteiger partial charge on any atom is -0.494 e. The SMILES string of the molecule is CCOc1ccc(N)c(CC2CCN(C3(C)CCC(OC)CC3)CC2)c1. The summed E-state index contributed by atoms with van der Waals surface area (Å²) in [6, 6.07) is 6.10. The molecule has 1 aromatic rings. The van der Waals surface area contributed by atoms with Crippen molar-refractivity contribution in [3.8, 4) is 5.75 Å². The molecule has 4 heteroatoms. The molecule has 0 aromatic heterocycles. The van der Waals surface area contributed by atoms with Gasteiger partial charge in [-0.25, -0.2) is 0 Å². The number of hydrogen-bond donors (Lipinski definition) is 1. The van der Waals surface area contributed by atoms with Crippen molar-refractivity contribution in [1.29, 1.82) is 0 Å². The van der Waals surface area contributed by atoms with Crippen molar-refractivity contribution in [2.45, 2.75) is 70.4 Å². The van der Waals surface area contributed by atoms with Crippen molar-refractivity contribution in [2.24, 2.45) is 5.92 Å². The van der Waals surface area contributed by atoms with Crippen LogP contribution in [0, 0.1) is 5.92 Å². The van der Waals surface area contributed by atoms with E-state index in [1.807, 2.05) is 26.2 Å². The summed E-state index contributed by atoms with van der Waals surface area (Å²) in [5, 5.41) is 0. The molecule has 0 atom stereocenters. The predicted octanol–water partition coefficient (Wildman–Crippen LogP) is 4.27. The molecule has 0 unspecified atom stereocenters. The maximum Gasteiger partial charge on any atom is 0.119 e. The van der Waals surface area contributed by atoms with E-state index in [9.17, 15) is 0 Å². The number of nitrogens with two attached hydrogens (primary N) is 1. The van der Waals surface area contributed by atoms with Crippen LogP contribution in [-0.4, -0.2) is 43.3 Å². The summed E-state index contributed by atoms with van der Waals surface area (Å²) in [5.41, 5.74) is 8.74. The first-order chi connectivity index (χ1) is 12.5. The smallest absolute Gasteiger partial charge is 0.119 e. The molecule has 2 N–H and O–H groups in total. The van der Waals surface area contributed by atoms with E-state index < -0.39 is 0 Å². The van der Waals surface area contributed by atoms with Gasteiger partial charge in [-0.05, 0) is 102 Å². The summed E-state index contributed by atoms with van der Waals surface area (Å²) in [5.74, 6) is 1.67. The number of piperidine rings is 1. The first-order valence-corrected chi connectivity index (χ1v) is 10.3. The van der Waals surface area contributed by atoms with Gasteiger partial charge < -0.3 is 15.2 Å². The van der Waals surface area contributed by atoms with Crippen molar-refractivity contribution in [3.05, 3.63) is 23.8 Å². The normalized spacial score (nSPS) is 28.2. The van der Waals surface area contributed by atoms with Gasteiger partial charge in [-0.1, -0.05) is 0 Å². The molecule has 1 aliphatic heterocycles. The van der Waals surface area contributed by atoms with Crippen molar-refractivity contribution < 1.29 is 9.47 Å². The average molecular weight is 361 g/mol. The Hall–Kier alpha value is -1.26. The molecule has 1 saturated heterocycles. The van der Waals surface area contributed by atoms with E-state index in [0.29, 0.717) is 18.2 Å². The van der Waals surface area contributed by atoms with E-state index in [2.05, 4.69) is 17.9 Å². The number of benzene rings is 1. The molecular formula is C22H36N2O2. The van der Waals surface area contributed by atoms with Crippen LogP contribution in [0.5, 0.6) is 5.75 Å². The first-order valence-electron chi connectivity index (χ1n) is 10.3. The van der Waals surface area contributed by atoms with Crippen LogP contribution in [0.3, 0.4) is 0 Å². The Bertz CT molecular complexity index is 574. The highest BCUT2D eigenvalue weighted by Gasteiger charge is 2.37. The highest BCUT2D eigenvalue weighted by Crippen LogP contribution is 2.37. The standard InChI is InChI=1S/C22H36N2O2/c1-4-26-20-5-6-21(23)18(16-20)15-17-9-13-24(14-10-17)22(2)11-7-19(25-3)8-12-22/h5-6,16-17,19H,4,7-15,23H2,1-3H3. The van der Waals surface area contributed by atoms with Gasteiger partial charge in [0, 0.05) is 18.3 Å². The van der Waals surface area contributed by atoms with Gasteiger partial charge in [-0.2, -0.15) is 0 Å². The summed E-state index contributed by atoms with van der Waals surface area (Å²) in [7, 11) is 1.85. The first kappa shape index (κ1) is 19.5. The van der Waals surface area contributed by atoms with Gasteiger partial charge in [0.25, 0.3) is 0 Å². The third-order valence-corrected chi connectivity index (χ3v) is 6.66. The van der Waals surface area contributed by atoms with Gasteiger partial charge >= 0.3 is 0 Å². The lowest BCUT2D eigenvalue weighted by Crippen LogP contribution is -2.52. The van der Waals surface area contributed by atoms with Gasteiger partial charge in [0.15, 0.2) is 0 Å². The second kappa shape index (κ2) is 8.62. The molecule has 2 fully saturated rings. The van der Waals surface area contributed by atoms with E-state index in [1.165, 1.54) is 57.2 Å². The minimum absolute atomic E-state index is 0.369. The van der Waals surface area contributed by atoms with E-state index in [4.69, 9.17) is 15.2 Å². The lowest BCUT2D eigenvalue weighted by atomic mass is 9.78. The third kappa shape index (κ3) is 4.52. The Balaban J connectivity index is 1.53. The van der Waals surface area contributed by atoms with E-state index >= 15 is 0 Å². The topological polar surface area (TPSA) is 47.7 Å². The second-order valence-corrected chi connectivity index (χ2v) is 8.36. The van der Waals surface area contributed by atoms with Crippen LogP contribution < -0.4 is 10.5 Å². The van der Waals surface area contributed by atoms with Gasteiger partial charge in [-0.3, -0.25) is 4.90 Å². The number of likely N-dealkylation sites (tertiary alicyclic amines) is 1. The molecule has 1 saturated carbocycles. The lowest BCUT2D eigenvalue weighted by molar-refractivity contribution is -0.0155. The Labute approximate surface area is 159 Å². The second-order valence-electron chi connectivity index (χ2n) is 8.36. The van der Waals surface area contributed by atoms with Crippen molar-refractivity contribution in [3.63, 3.8) is 0 Å². The maximum absolute atomic E-state index is 6.22. The summed E-state index contributed by atoms with van der Waals surface area (Å²) in [6.45, 7) is 7.60. The monoisotopic (exact) mass is 360 g/mol. The van der Waals surface area contributed by atoms with Crippen LogP contribution in [0.25, 0.3) is 0 Å². The van der Waals surface area contributed by atoms with Gasteiger partial charge in [-0.15, -0.1) is 0 Å². The molecule has 3 rings (SSSR count). The fourth-order valence-electron chi connectivity index (χ4n) is 4.77. The number of nitrogens with zero attached hydrogens (tertiary/aromatic N) is 1. The zero-order valence-corrected chi connectivity index (χ0v) is 16.8. The average Bonchev–Trinajstić information content (AvgIpc) is 2.66. The highest BCUT2D eigenvalue weighted by molar-refractivity contribution is 5.50. The summed E-state index contributed by atoms with van der Waals surface area (Å²) in [6.07, 6.45) is 9.01. The zero-order chi connectivity index (χ0) is 18.6. The molecule has 1 aliphatic carbocycles. The molecule has 1 heterocycles. The largest absolute Gasteiger partial charge is 0.494 e. The Morgan fingerprint density at radius 3 is 2.46 bits per heavy atom. The van der Waals surface area contributed by atoms with Gasteiger partial charge in [0.1, 0.15) is 5.75 Å². The molecule has 26 heavy (non-hydrogen) atoms. The molecule has 2 aliphatic rings. The summed E-state index contributed by atoms with van der Waals surface area (Å²) in [4.78, 5) is 2.75. The predicted molar refractivity (Wildman–Crippen MR) is 108 cm³/mol. The number of rotatable bonds is 6. The van der Waals surface area contributed by atoms with Gasteiger partial charge in [0.2, 0.25) is 0 Å². The Morgan fingerprint density at radius 2 is 1.85 bits per heavy atom. The number of anilines is 1. The highest BCUT2D eigenvalue weighted by atomic mass is 16.5. The lowest BCUT2D eigenvalue weighted by Gasteiger charge is -2.48. The molecule has 0 radical (unpaired) electrons. The van der Waals surface area contributed by atoms with Crippen LogP contribution >= 0.6 is 0 Å². The van der Waals surface area contributed by atoms with Crippen LogP contribution in [0.15, 0.2) is 18.2 Å². The van der Waals surface area contributed by atoms with Crippen molar-refractivity contribution in [1.82, 2.24) is 4.90 Å². The quantitative estimate of drug-likeness (QED) is 0.770. The minimum atomic E-state index is 0.369. The van der Waals surface area contributed by atoms with Crippen LogP contribution in [-0.2, 0) is 11.2 Å². The molecule has 0 bridgehead atoms. The number of methoxy groups -OCH3 is 1. The summed E-state index contributed by atoms with van der Waals surface area (Å²) >= 11 is 0. The Kier molecular flexibility index (Phi) is 6.46. The van der Waals surface area contributed by atoms with E-state index in [0.717, 1.165) is 23.8 Å². The third-order valence-electron chi connectivity index (χ3n) is 6.66. The van der Waals surface area contributed by atoms with Crippen molar-refractivity contribution >= 4 is 5.69 Å². The molecule has 0 amide bonds. The maximum atomic E-state index is 6.22.